The summed E-state index contributed by atoms with van der Waals surface area (Å²) in [7, 11) is -3.60. The second kappa shape index (κ2) is 8.27. The summed E-state index contributed by atoms with van der Waals surface area (Å²) < 4.78 is 27.1. The van der Waals surface area contributed by atoms with Gasteiger partial charge >= 0.3 is 5.97 Å². The Morgan fingerprint density at radius 1 is 1.07 bits per heavy atom. The zero-order valence-corrected chi connectivity index (χ0v) is 16.2. The van der Waals surface area contributed by atoms with Crippen LogP contribution in [0.15, 0.2) is 18.2 Å². The van der Waals surface area contributed by atoms with Gasteiger partial charge in [0.25, 0.3) is 11.8 Å². The molecule has 1 saturated heterocycles. The third-order valence-electron chi connectivity index (χ3n) is 4.87. The first-order valence-electron chi connectivity index (χ1n) is 9.22. The molecule has 0 atom stereocenters. The molecule has 2 aliphatic heterocycles. The lowest BCUT2D eigenvalue weighted by Gasteiger charge is -2.26. The van der Waals surface area contributed by atoms with Crippen molar-refractivity contribution in [1.29, 1.82) is 0 Å². The molecule has 2 aliphatic rings. The van der Waals surface area contributed by atoms with Crippen LogP contribution in [0.2, 0.25) is 0 Å². The predicted molar refractivity (Wildman–Crippen MR) is 102 cm³/mol. The first-order valence-corrected chi connectivity index (χ1v) is 10.9. The number of hydrogen-bond acceptors (Lipinski definition) is 6. The highest BCUT2D eigenvalue weighted by Gasteiger charge is 2.37. The summed E-state index contributed by atoms with van der Waals surface area (Å²) in [4.78, 5) is 38.1. The molecule has 0 radical (unpaired) electrons. The van der Waals surface area contributed by atoms with E-state index in [0.29, 0.717) is 11.3 Å². The van der Waals surface area contributed by atoms with E-state index in [1.54, 1.807) is 0 Å². The van der Waals surface area contributed by atoms with Crippen molar-refractivity contribution >= 4 is 33.5 Å². The number of amides is 2. The smallest absolute Gasteiger partial charge is 0.323 e. The zero-order valence-electron chi connectivity index (χ0n) is 15.4. The molecule has 0 saturated carbocycles. The number of piperidine rings is 1. The molecule has 1 aromatic carbocycles. The molecule has 0 unspecified atom stereocenters. The van der Waals surface area contributed by atoms with Crippen molar-refractivity contribution in [2.45, 2.75) is 25.7 Å². The minimum Gasteiger partial charge on any atom is -0.480 e. The van der Waals surface area contributed by atoms with Gasteiger partial charge in [0.15, 0.2) is 0 Å². The van der Waals surface area contributed by atoms with Crippen LogP contribution in [0.1, 0.15) is 46.4 Å². The molecule has 2 N–H and O–H groups in total. The molecule has 28 heavy (non-hydrogen) atoms. The number of rotatable bonds is 8. The Kier molecular flexibility index (Phi) is 5.99. The van der Waals surface area contributed by atoms with E-state index >= 15 is 0 Å². The van der Waals surface area contributed by atoms with Crippen LogP contribution in [0.5, 0.6) is 0 Å². The molecular formula is C18H23N3O6S. The van der Waals surface area contributed by atoms with E-state index < -0.39 is 34.4 Å². The Morgan fingerprint density at radius 2 is 1.75 bits per heavy atom. The summed E-state index contributed by atoms with van der Waals surface area (Å²) in [6, 6.07) is 4.01. The van der Waals surface area contributed by atoms with Crippen LogP contribution in [0.25, 0.3) is 0 Å². The number of benzene rings is 1. The van der Waals surface area contributed by atoms with E-state index in [0.717, 1.165) is 32.5 Å². The van der Waals surface area contributed by atoms with Gasteiger partial charge in [-0.05, 0) is 57.1 Å². The number of hydrogen-bond donors (Lipinski definition) is 2. The standard InChI is InChI=1S/C18H23N3O6S/c22-16(23)12-21-17(24)14-6-5-13(11-15(14)18(21)25)19-28(26,27)10-4-9-20-7-2-1-3-8-20/h5-6,11,19H,1-4,7-10,12H2,(H,22,23). The molecule has 2 amide bonds. The first kappa shape index (κ1) is 20.3. The molecular weight excluding hydrogens is 386 g/mol. The molecule has 10 heteroatoms. The summed E-state index contributed by atoms with van der Waals surface area (Å²) >= 11 is 0. The molecule has 2 heterocycles. The summed E-state index contributed by atoms with van der Waals surface area (Å²) in [5.74, 6) is -2.78. The normalized spacial score (nSPS) is 17.6. The summed E-state index contributed by atoms with van der Waals surface area (Å²) in [6.45, 7) is 1.99. The van der Waals surface area contributed by atoms with E-state index in [2.05, 4.69) is 9.62 Å². The third-order valence-corrected chi connectivity index (χ3v) is 6.25. The molecule has 1 fully saturated rings. The van der Waals surface area contributed by atoms with Crippen LogP contribution in [0.3, 0.4) is 0 Å². The average molecular weight is 409 g/mol. The maximum atomic E-state index is 12.3. The summed E-state index contributed by atoms with van der Waals surface area (Å²) in [6.07, 6.45) is 4.02. The van der Waals surface area contributed by atoms with Gasteiger partial charge in [0.05, 0.1) is 16.9 Å². The number of fused-ring (bicyclic) bond motifs is 1. The molecule has 152 valence electrons. The Morgan fingerprint density at radius 3 is 2.43 bits per heavy atom. The van der Waals surface area contributed by atoms with Gasteiger partial charge in [-0.25, -0.2) is 8.42 Å². The first-order chi connectivity index (χ1) is 13.3. The number of nitrogens with zero attached hydrogens (tertiary/aromatic N) is 2. The fourth-order valence-electron chi connectivity index (χ4n) is 3.52. The molecule has 0 bridgehead atoms. The van der Waals surface area contributed by atoms with Gasteiger partial charge in [0.1, 0.15) is 6.54 Å². The predicted octanol–water partition coefficient (Wildman–Crippen LogP) is 0.985. The average Bonchev–Trinajstić information content (AvgIpc) is 2.86. The highest BCUT2D eigenvalue weighted by Crippen LogP contribution is 2.26. The largest absolute Gasteiger partial charge is 0.480 e. The van der Waals surface area contributed by atoms with Crippen molar-refractivity contribution in [3.8, 4) is 0 Å². The van der Waals surface area contributed by atoms with Crippen LogP contribution < -0.4 is 4.72 Å². The lowest BCUT2D eigenvalue weighted by Crippen LogP contribution is -2.34. The van der Waals surface area contributed by atoms with Gasteiger partial charge in [-0.2, -0.15) is 0 Å². The van der Waals surface area contributed by atoms with Crippen molar-refractivity contribution in [2.24, 2.45) is 0 Å². The molecule has 0 aliphatic carbocycles. The third kappa shape index (κ3) is 4.68. The highest BCUT2D eigenvalue weighted by molar-refractivity contribution is 7.92. The number of likely N-dealkylation sites (tertiary alicyclic amines) is 1. The quantitative estimate of drug-likeness (QED) is 0.614. The number of sulfonamides is 1. The second-order valence-electron chi connectivity index (χ2n) is 7.03. The number of carboxylic acids is 1. The maximum absolute atomic E-state index is 12.3. The van der Waals surface area contributed by atoms with Gasteiger partial charge < -0.3 is 10.0 Å². The lowest BCUT2D eigenvalue weighted by atomic mass is 10.1. The number of nitrogens with one attached hydrogen (secondary N) is 1. The summed E-state index contributed by atoms with van der Waals surface area (Å²) in [5.41, 5.74) is 0.245. The van der Waals surface area contributed by atoms with E-state index in [1.807, 2.05) is 0 Å². The topological polar surface area (TPSA) is 124 Å². The molecule has 0 spiro atoms. The number of imide groups is 1. The van der Waals surface area contributed by atoms with Crippen molar-refractivity contribution < 1.29 is 27.9 Å². The van der Waals surface area contributed by atoms with Crippen molar-refractivity contribution in [3.05, 3.63) is 29.3 Å². The minimum atomic E-state index is -3.60. The second-order valence-corrected chi connectivity index (χ2v) is 8.87. The van der Waals surface area contributed by atoms with E-state index in [4.69, 9.17) is 5.11 Å². The fraction of sp³-hybridized carbons (Fsp3) is 0.500. The van der Waals surface area contributed by atoms with Crippen LogP contribution >= 0.6 is 0 Å². The maximum Gasteiger partial charge on any atom is 0.323 e. The molecule has 9 nitrogen and oxygen atoms in total. The number of carbonyl (C=O) groups excluding carboxylic acids is 2. The number of carbonyl (C=O) groups is 3. The SMILES string of the molecule is O=C(O)CN1C(=O)c2ccc(NS(=O)(=O)CCCN3CCCCC3)cc2C1=O. The van der Waals surface area contributed by atoms with Crippen LogP contribution in [0, 0.1) is 0 Å². The van der Waals surface area contributed by atoms with Crippen LogP contribution in [0.4, 0.5) is 5.69 Å². The highest BCUT2D eigenvalue weighted by atomic mass is 32.2. The van der Waals surface area contributed by atoms with Gasteiger partial charge in [0, 0.05) is 5.69 Å². The van der Waals surface area contributed by atoms with Crippen molar-refractivity contribution in [1.82, 2.24) is 9.80 Å². The van der Waals surface area contributed by atoms with Gasteiger partial charge in [-0.1, -0.05) is 6.42 Å². The van der Waals surface area contributed by atoms with Crippen LogP contribution in [-0.4, -0.2) is 73.0 Å². The Bertz CT molecular complexity index is 893. The molecule has 3 rings (SSSR count). The van der Waals surface area contributed by atoms with E-state index in [1.165, 1.54) is 24.6 Å². The Hall–Kier alpha value is -2.46. The van der Waals surface area contributed by atoms with Gasteiger partial charge in [-0.15, -0.1) is 0 Å². The number of aliphatic carboxylic acids is 1. The minimum absolute atomic E-state index is 0.000216. The van der Waals surface area contributed by atoms with Crippen molar-refractivity contribution in [3.63, 3.8) is 0 Å². The van der Waals surface area contributed by atoms with E-state index in [-0.39, 0.29) is 22.6 Å². The monoisotopic (exact) mass is 409 g/mol. The molecule has 0 aromatic heterocycles. The van der Waals surface area contributed by atoms with Gasteiger partial charge in [0.2, 0.25) is 10.0 Å². The Labute approximate surface area is 163 Å². The van der Waals surface area contributed by atoms with E-state index in [9.17, 15) is 22.8 Å². The Balaban J connectivity index is 1.62. The van der Waals surface area contributed by atoms with Gasteiger partial charge in [-0.3, -0.25) is 24.0 Å². The fourth-order valence-corrected chi connectivity index (χ4v) is 4.62. The van der Waals surface area contributed by atoms with Crippen molar-refractivity contribution in [2.75, 3.05) is 36.7 Å². The number of anilines is 1. The zero-order chi connectivity index (χ0) is 20.3. The molecule has 1 aromatic rings. The summed E-state index contributed by atoms with van der Waals surface area (Å²) in [5, 5.41) is 8.83. The lowest BCUT2D eigenvalue weighted by molar-refractivity contribution is -0.137. The van der Waals surface area contributed by atoms with Crippen LogP contribution in [-0.2, 0) is 14.8 Å². The number of carboxylic acid groups (broad SMARTS) is 1.